The third kappa shape index (κ3) is 6.76. The molecular formula is C22H32IN5O. The highest BCUT2D eigenvalue weighted by Gasteiger charge is 2.23. The molecule has 3 rings (SSSR count). The molecule has 0 bridgehead atoms. The number of unbranched alkanes of at least 4 members (excludes halogenated alkanes) is 1. The third-order valence-electron chi connectivity index (χ3n) is 5.24. The van der Waals surface area contributed by atoms with Gasteiger partial charge in [-0.1, -0.05) is 24.3 Å². The van der Waals surface area contributed by atoms with Crippen LogP contribution in [0.5, 0.6) is 0 Å². The van der Waals surface area contributed by atoms with Gasteiger partial charge in [-0.3, -0.25) is 9.79 Å². The molecule has 1 unspecified atom stereocenters. The molecule has 6 nitrogen and oxygen atoms in total. The van der Waals surface area contributed by atoms with Gasteiger partial charge < -0.3 is 20.1 Å². The lowest BCUT2D eigenvalue weighted by Gasteiger charge is -2.20. The number of halogens is 1. The summed E-state index contributed by atoms with van der Waals surface area (Å²) in [7, 11) is 1.81. The Hall–Kier alpha value is -2.03. The zero-order valence-corrected chi connectivity index (χ0v) is 19.6. The van der Waals surface area contributed by atoms with Crippen molar-refractivity contribution in [1.82, 2.24) is 15.2 Å². The Bertz CT molecular complexity index is 837. The number of rotatable bonds is 7. The Morgan fingerprint density at radius 1 is 1.14 bits per heavy atom. The zero-order valence-electron chi connectivity index (χ0n) is 17.3. The summed E-state index contributed by atoms with van der Waals surface area (Å²) in [4.78, 5) is 18.7. The van der Waals surface area contributed by atoms with E-state index in [0.29, 0.717) is 6.04 Å². The van der Waals surface area contributed by atoms with Crippen LogP contribution >= 0.6 is 24.0 Å². The third-order valence-corrected chi connectivity index (χ3v) is 5.24. The second kappa shape index (κ2) is 11.8. The normalized spacial score (nSPS) is 16.4. The second-order valence-electron chi connectivity index (χ2n) is 7.27. The largest absolute Gasteiger partial charge is 0.369 e. The lowest BCUT2D eigenvalue weighted by atomic mass is 10.2. The minimum Gasteiger partial charge on any atom is -0.369 e. The van der Waals surface area contributed by atoms with Crippen LogP contribution in [0.4, 0.5) is 5.69 Å². The SMILES string of the molecule is CN=C(NCCCCn1c(C)cccc1=O)NC1CCN(c2ccccc2)C1.I. The summed E-state index contributed by atoms with van der Waals surface area (Å²) in [6, 6.07) is 16.4. The number of benzene rings is 1. The van der Waals surface area contributed by atoms with E-state index in [1.54, 1.807) is 6.07 Å². The van der Waals surface area contributed by atoms with Crippen molar-refractivity contribution in [2.45, 2.75) is 38.8 Å². The quantitative estimate of drug-likeness (QED) is 0.261. The molecule has 1 fully saturated rings. The number of pyridine rings is 1. The van der Waals surface area contributed by atoms with E-state index in [2.05, 4.69) is 50.9 Å². The summed E-state index contributed by atoms with van der Waals surface area (Å²) < 4.78 is 1.84. The van der Waals surface area contributed by atoms with Crippen LogP contribution < -0.4 is 21.1 Å². The maximum atomic E-state index is 11.9. The molecule has 1 saturated heterocycles. The average molecular weight is 509 g/mol. The molecule has 0 amide bonds. The van der Waals surface area contributed by atoms with Crippen LogP contribution in [-0.2, 0) is 6.54 Å². The molecule has 29 heavy (non-hydrogen) atoms. The van der Waals surface area contributed by atoms with Gasteiger partial charge in [-0.05, 0) is 44.4 Å². The number of nitrogens with one attached hydrogen (secondary N) is 2. The molecular weight excluding hydrogens is 477 g/mol. The van der Waals surface area contributed by atoms with Crippen LogP contribution in [0.2, 0.25) is 0 Å². The van der Waals surface area contributed by atoms with Crippen LogP contribution in [0.3, 0.4) is 0 Å². The number of aryl methyl sites for hydroxylation is 1. The van der Waals surface area contributed by atoms with Crippen LogP contribution in [0.15, 0.2) is 58.3 Å². The van der Waals surface area contributed by atoms with Crippen molar-refractivity contribution >= 4 is 35.6 Å². The van der Waals surface area contributed by atoms with Gasteiger partial charge in [0, 0.05) is 56.7 Å². The van der Waals surface area contributed by atoms with E-state index in [4.69, 9.17) is 0 Å². The minimum atomic E-state index is 0. The van der Waals surface area contributed by atoms with E-state index in [1.165, 1.54) is 5.69 Å². The molecule has 2 aromatic rings. The Labute approximate surface area is 190 Å². The van der Waals surface area contributed by atoms with Gasteiger partial charge in [-0.15, -0.1) is 24.0 Å². The van der Waals surface area contributed by atoms with E-state index in [9.17, 15) is 4.79 Å². The molecule has 1 atom stereocenters. The van der Waals surface area contributed by atoms with Crippen molar-refractivity contribution in [3.8, 4) is 0 Å². The lowest BCUT2D eigenvalue weighted by molar-refractivity contribution is 0.571. The summed E-state index contributed by atoms with van der Waals surface area (Å²) in [5, 5.41) is 6.93. The highest BCUT2D eigenvalue weighted by Crippen LogP contribution is 2.19. The van der Waals surface area contributed by atoms with Crippen LogP contribution in [0.25, 0.3) is 0 Å². The van der Waals surface area contributed by atoms with E-state index in [1.807, 2.05) is 30.7 Å². The monoisotopic (exact) mass is 509 g/mol. The molecule has 1 aliphatic rings. The highest BCUT2D eigenvalue weighted by molar-refractivity contribution is 14.0. The molecule has 0 spiro atoms. The molecule has 1 aromatic heterocycles. The maximum absolute atomic E-state index is 11.9. The summed E-state index contributed by atoms with van der Waals surface area (Å²) in [6.07, 6.45) is 3.05. The van der Waals surface area contributed by atoms with E-state index >= 15 is 0 Å². The Kier molecular flexibility index (Phi) is 9.50. The number of guanidine groups is 1. The minimum absolute atomic E-state index is 0. The molecule has 1 aliphatic heterocycles. The Morgan fingerprint density at radius 3 is 2.66 bits per heavy atom. The fourth-order valence-corrected chi connectivity index (χ4v) is 3.65. The van der Waals surface area contributed by atoms with Gasteiger partial charge in [-0.2, -0.15) is 0 Å². The van der Waals surface area contributed by atoms with Crippen molar-refractivity contribution in [3.05, 3.63) is 64.6 Å². The van der Waals surface area contributed by atoms with Crippen molar-refractivity contribution in [1.29, 1.82) is 0 Å². The smallest absolute Gasteiger partial charge is 0.250 e. The number of para-hydroxylation sites is 1. The number of aromatic nitrogens is 1. The summed E-state index contributed by atoms with van der Waals surface area (Å²) in [5.74, 6) is 0.855. The Morgan fingerprint density at radius 2 is 1.93 bits per heavy atom. The fraction of sp³-hybridized carbons (Fsp3) is 0.455. The number of aliphatic imine (C=N–C) groups is 1. The fourth-order valence-electron chi connectivity index (χ4n) is 3.65. The van der Waals surface area contributed by atoms with Crippen molar-refractivity contribution < 1.29 is 0 Å². The standard InChI is InChI=1S/C22H31N5O.HI/c1-18-9-8-12-21(28)27(18)15-7-6-14-24-22(23-2)25-19-13-16-26(17-19)20-10-4-3-5-11-20;/h3-5,8-12,19H,6-7,13-17H2,1-2H3,(H2,23,24,25);1H. The summed E-state index contributed by atoms with van der Waals surface area (Å²) in [5.41, 5.74) is 2.37. The predicted octanol–water partition coefficient (Wildman–Crippen LogP) is 3.00. The lowest BCUT2D eigenvalue weighted by Crippen LogP contribution is -2.44. The van der Waals surface area contributed by atoms with Gasteiger partial charge in [0.05, 0.1) is 0 Å². The van der Waals surface area contributed by atoms with E-state index in [0.717, 1.165) is 57.1 Å². The second-order valence-corrected chi connectivity index (χ2v) is 7.27. The van der Waals surface area contributed by atoms with Gasteiger partial charge in [-0.25, -0.2) is 0 Å². The average Bonchev–Trinajstić information content (AvgIpc) is 3.18. The maximum Gasteiger partial charge on any atom is 0.250 e. The molecule has 0 saturated carbocycles. The molecule has 0 aliphatic carbocycles. The summed E-state index contributed by atoms with van der Waals surface area (Å²) >= 11 is 0. The first-order valence-electron chi connectivity index (χ1n) is 10.1. The van der Waals surface area contributed by atoms with Crippen molar-refractivity contribution in [2.24, 2.45) is 4.99 Å². The highest BCUT2D eigenvalue weighted by atomic mass is 127. The molecule has 0 radical (unpaired) electrons. The first kappa shape index (κ1) is 23.3. The van der Waals surface area contributed by atoms with Crippen LogP contribution in [-0.4, -0.2) is 43.3 Å². The number of hydrogen-bond donors (Lipinski definition) is 2. The molecule has 2 N–H and O–H groups in total. The van der Waals surface area contributed by atoms with Gasteiger partial charge >= 0.3 is 0 Å². The van der Waals surface area contributed by atoms with Gasteiger partial charge in [0.2, 0.25) is 0 Å². The first-order chi connectivity index (χ1) is 13.7. The van der Waals surface area contributed by atoms with E-state index in [-0.39, 0.29) is 29.5 Å². The van der Waals surface area contributed by atoms with Crippen molar-refractivity contribution in [3.63, 3.8) is 0 Å². The Balaban J connectivity index is 0.00000300. The van der Waals surface area contributed by atoms with Crippen molar-refractivity contribution in [2.75, 3.05) is 31.6 Å². The van der Waals surface area contributed by atoms with Gasteiger partial charge in [0.25, 0.3) is 5.56 Å². The molecule has 2 heterocycles. The number of hydrogen-bond acceptors (Lipinski definition) is 3. The zero-order chi connectivity index (χ0) is 19.8. The van der Waals surface area contributed by atoms with Gasteiger partial charge in [0.15, 0.2) is 5.96 Å². The number of anilines is 1. The van der Waals surface area contributed by atoms with E-state index < -0.39 is 0 Å². The van der Waals surface area contributed by atoms with Crippen LogP contribution in [0.1, 0.15) is 25.0 Å². The van der Waals surface area contributed by atoms with Crippen LogP contribution in [0, 0.1) is 6.92 Å². The van der Waals surface area contributed by atoms with Gasteiger partial charge in [0.1, 0.15) is 0 Å². The molecule has 158 valence electrons. The topological polar surface area (TPSA) is 61.7 Å². The number of nitrogens with zero attached hydrogens (tertiary/aromatic N) is 3. The summed E-state index contributed by atoms with van der Waals surface area (Å²) in [6.45, 7) is 5.62. The predicted molar refractivity (Wildman–Crippen MR) is 132 cm³/mol. The first-order valence-corrected chi connectivity index (χ1v) is 10.1. The molecule has 7 heteroatoms. The molecule has 1 aromatic carbocycles.